The summed E-state index contributed by atoms with van der Waals surface area (Å²) in [7, 11) is 0. The highest BCUT2D eigenvalue weighted by Gasteiger charge is 2.65. The summed E-state index contributed by atoms with van der Waals surface area (Å²) in [6.45, 7) is 4.00. The van der Waals surface area contributed by atoms with E-state index in [1.54, 1.807) is 48.5 Å². The molecular formula is C28H22ClNO3. The quantitative estimate of drug-likeness (QED) is 0.508. The topological polar surface area (TPSA) is 57.6 Å². The second-order valence-electron chi connectivity index (χ2n) is 8.42. The standard InChI is InChI=1S/C28H22ClNO3/c1-2-18-14-15-24-26(32)30(22-12-7-11-21(29)17-22)27(33)28(24,20-9-4-3-5-10-20)25(18)19-8-6-13-23(31)16-19/h2-14,16-17,24-25,31H,1,15H2/t24-,25+,28+/m0/s1. The van der Waals surface area contributed by atoms with Gasteiger partial charge in [-0.25, -0.2) is 4.90 Å². The lowest BCUT2D eigenvalue weighted by Crippen LogP contribution is -2.48. The van der Waals surface area contributed by atoms with Gasteiger partial charge < -0.3 is 5.11 Å². The zero-order valence-corrected chi connectivity index (χ0v) is 18.6. The third-order valence-electron chi connectivity index (χ3n) is 6.76. The minimum atomic E-state index is -1.19. The van der Waals surface area contributed by atoms with Gasteiger partial charge >= 0.3 is 0 Å². The molecule has 0 radical (unpaired) electrons. The second kappa shape index (κ2) is 8.05. The molecule has 3 atom stereocenters. The Labute approximate surface area is 197 Å². The Balaban J connectivity index is 1.81. The predicted octanol–water partition coefficient (Wildman–Crippen LogP) is 5.77. The SMILES string of the molecule is C=CC1=CC[C@H]2C(=O)N(c3cccc(Cl)c3)C(=O)[C@@]2(c2ccccc2)[C@H]1c1cccc(O)c1. The number of fused-ring (bicyclic) bond motifs is 1. The molecule has 3 aromatic carbocycles. The van der Waals surface area contributed by atoms with Crippen LogP contribution in [0.4, 0.5) is 5.69 Å². The van der Waals surface area contributed by atoms with Crippen LogP contribution in [0.3, 0.4) is 0 Å². The van der Waals surface area contributed by atoms with Gasteiger partial charge in [-0.05, 0) is 53.5 Å². The average molecular weight is 456 g/mol. The van der Waals surface area contributed by atoms with Gasteiger partial charge in [-0.15, -0.1) is 0 Å². The Morgan fingerprint density at radius 2 is 1.76 bits per heavy atom. The molecule has 1 aliphatic carbocycles. The van der Waals surface area contributed by atoms with Gasteiger partial charge in [0.05, 0.1) is 17.0 Å². The summed E-state index contributed by atoms with van der Waals surface area (Å²) >= 11 is 6.21. The molecule has 1 saturated heterocycles. The molecular weight excluding hydrogens is 434 g/mol. The zero-order valence-electron chi connectivity index (χ0n) is 17.8. The maximum Gasteiger partial charge on any atom is 0.246 e. The molecule has 0 spiro atoms. The molecule has 1 N–H and O–H groups in total. The van der Waals surface area contributed by atoms with Gasteiger partial charge in [-0.3, -0.25) is 9.59 Å². The minimum Gasteiger partial charge on any atom is -0.508 e. The molecule has 0 bridgehead atoms. The average Bonchev–Trinajstić information content (AvgIpc) is 3.06. The number of amides is 2. The maximum atomic E-state index is 14.5. The summed E-state index contributed by atoms with van der Waals surface area (Å²) < 4.78 is 0. The smallest absolute Gasteiger partial charge is 0.246 e. The third kappa shape index (κ3) is 3.13. The monoisotopic (exact) mass is 455 g/mol. The summed E-state index contributed by atoms with van der Waals surface area (Å²) in [5, 5.41) is 10.7. The lowest BCUT2D eigenvalue weighted by atomic mass is 9.56. The van der Waals surface area contributed by atoms with E-state index in [1.165, 1.54) is 4.90 Å². The van der Waals surface area contributed by atoms with Crippen LogP contribution in [0.25, 0.3) is 0 Å². The van der Waals surface area contributed by atoms with Crippen molar-refractivity contribution in [3.63, 3.8) is 0 Å². The van der Waals surface area contributed by atoms with Crippen molar-refractivity contribution in [1.82, 2.24) is 0 Å². The first-order chi connectivity index (χ1) is 16.0. The third-order valence-corrected chi connectivity index (χ3v) is 7.00. The Morgan fingerprint density at radius 1 is 1.00 bits per heavy atom. The van der Waals surface area contributed by atoms with Gasteiger partial charge in [0.1, 0.15) is 5.75 Å². The number of hydrogen-bond acceptors (Lipinski definition) is 3. The van der Waals surface area contributed by atoms with Crippen molar-refractivity contribution in [2.75, 3.05) is 4.90 Å². The highest BCUT2D eigenvalue weighted by atomic mass is 35.5. The molecule has 2 aliphatic rings. The molecule has 0 saturated carbocycles. The van der Waals surface area contributed by atoms with Crippen molar-refractivity contribution in [1.29, 1.82) is 0 Å². The summed E-state index contributed by atoms with van der Waals surface area (Å²) in [6, 6.07) is 23.2. The first-order valence-electron chi connectivity index (χ1n) is 10.8. The number of anilines is 1. The van der Waals surface area contributed by atoms with Crippen LogP contribution in [-0.4, -0.2) is 16.9 Å². The van der Waals surface area contributed by atoms with E-state index in [0.717, 1.165) is 16.7 Å². The molecule has 33 heavy (non-hydrogen) atoms. The normalized spacial score (nSPS) is 24.4. The molecule has 5 rings (SSSR count). The Bertz CT molecular complexity index is 1300. The molecule has 0 aromatic heterocycles. The minimum absolute atomic E-state index is 0.102. The number of rotatable bonds is 4. The zero-order chi connectivity index (χ0) is 23.2. The molecule has 0 unspecified atom stereocenters. The molecule has 164 valence electrons. The van der Waals surface area contributed by atoms with Crippen molar-refractivity contribution < 1.29 is 14.7 Å². The molecule has 4 nitrogen and oxygen atoms in total. The summed E-state index contributed by atoms with van der Waals surface area (Å²) in [6.07, 6.45) is 4.14. The Morgan fingerprint density at radius 3 is 2.45 bits per heavy atom. The van der Waals surface area contributed by atoms with Crippen LogP contribution >= 0.6 is 11.6 Å². The molecule has 3 aromatic rings. The molecule has 1 fully saturated rings. The van der Waals surface area contributed by atoms with Gasteiger partial charge in [0, 0.05) is 10.9 Å². The first kappa shape index (κ1) is 21.2. The van der Waals surface area contributed by atoms with Gasteiger partial charge in [-0.2, -0.15) is 0 Å². The Hall–Kier alpha value is -3.63. The highest BCUT2D eigenvalue weighted by molar-refractivity contribution is 6.32. The fraction of sp³-hybridized carbons (Fsp3) is 0.143. The number of hydrogen-bond donors (Lipinski definition) is 1. The largest absolute Gasteiger partial charge is 0.508 e. The summed E-state index contributed by atoms with van der Waals surface area (Å²) in [4.78, 5) is 29.6. The fourth-order valence-electron chi connectivity index (χ4n) is 5.46. The molecule has 1 aliphatic heterocycles. The number of benzene rings is 3. The van der Waals surface area contributed by atoms with Crippen molar-refractivity contribution >= 4 is 29.1 Å². The van der Waals surface area contributed by atoms with Crippen LogP contribution in [0, 0.1) is 5.92 Å². The lowest BCUT2D eigenvalue weighted by Gasteiger charge is -2.43. The first-order valence-corrected chi connectivity index (χ1v) is 11.2. The molecule has 1 heterocycles. The summed E-state index contributed by atoms with van der Waals surface area (Å²) in [5.41, 5.74) is 1.64. The van der Waals surface area contributed by atoms with Crippen LogP contribution in [-0.2, 0) is 15.0 Å². The van der Waals surface area contributed by atoms with E-state index in [4.69, 9.17) is 11.6 Å². The fourth-order valence-corrected chi connectivity index (χ4v) is 5.64. The van der Waals surface area contributed by atoms with Crippen LogP contribution in [0.15, 0.2) is 103 Å². The highest BCUT2D eigenvalue weighted by Crippen LogP contribution is 2.58. The van der Waals surface area contributed by atoms with Crippen molar-refractivity contribution in [2.45, 2.75) is 17.8 Å². The number of nitrogens with zero attached hydrogens (tertiary/aromatic N) is 1. The number of phenols is 1. The van der Waals surface area contributed by atoms with E-state index in [-0.39, 0.29) is 17.6 Å². The van der Waals surface area contributed by atoms with Crippen molar-refractivity contribution in [3.8, 4) is 5.75 Å². The van der Waals surface area contributed by atoms with Gasteiger partial charge in [0.15, 0.2) is 0 Å². The van der Waals surface area contributed by atoms with E-state index < -0.39 is 17.3 Å². The van der Waals surface area contributed by atoms with Crippen LogP contribution in [0.1, 0.15) is 23.5 Å². The number of allylic oxidation sites excluding steroid dienone is 3. The number of aromatic hydroxyl groups is 1. The van der Waals surface area contributed by atoms with Crippen LogP contribution in [0.5, 0.6) is 5.75 Å². The van der Waals surface area contributed by atoms with E-state index >= 15 is 0 Å². The Kier molecular flexibility index (Phi) is 5.18. The predicted molar refractivity (Wildman–Crippen MR) is 129 cm³/mol. The number of halogens is 1. The van der Waals surface area contributed by atoms with Gasteiger partial charge in [0.25, 0.3) is 0 Å². The summed E-state index contributed by atoms with van der Waals surface area (Å²) in [5.74, 6) is -1.56. The number of carbonyl (C=O) groups excluding carboxylic acids is 2. The number of imide groups is 1. The van der Waals surface area contributed by atoms with E-state index in [2.05, 4.69) is 6.58 Å². The van der Waals surface area contributed by atoms with Gasteiger partial charge in [-0.1, -0.05) is 78.9 Å². The lowest BCUT2D eigenvalue weighted by molar-refractivity contribution is -0.123. The molecule has 2 amide bonds. The number of phenolic OH excluding ortho intramolecular Hbond substituents is 1. The molecule has 5 heteroatoms. The number of carbonyl (C=O) groups is 2. The second-order valence-corrected chi connectivity index (χ2v) is 8.85. The van der Waals surface area contributed by atoms with E-state index in [1.807, 2.05) is 42.5 Å². The van der Waals surface area contributed by atoms with Crippen molar-refractivity contribution in [2.24, 2.45) is 5.92 Å². The van der Waals surface area contributed by atoms with Crippen LogP contribution < -0.4 is 4.90 Å². The van der Waals surface area contributed by atoms with E-state index in [9.17, 15) is 14.7 Å². The maximum absolute atomic E-state index is 14.5. The van der Waals surface area contributed by atoms with Crippen LogP contribution in [0.2, 0.25) is 5.02 Å². The van der Waals surface area contributed by atoms with Crippen molar-refractivity contribution in [3.05, 3.63) is 119 Å². The van der Waals surface area contributed by atoms with Gasteiger partial charge in [0.2, 0.25) is 11.8 Å². The van der Waals surface area contributed by atoms with E-state index in [0.29, 0.717) is 17.1 Å².